The first-order chi connectivity index (χ1) is 9.82. The SMILES string of the molecule is Cc1cc(CC2CCNC2)nc(NC(=O)OC(C)(C)C)c1. The number of carbonyl (C=O) groups excluding carboxylic acids is 1. The maximum atomic E-state index is 11.8. The lowest BCUT2D eigenvalue weighted by Gasteiger charge is -2.19. The summed E-state index contributed by atoms with van der Waals surface area (Å²) in [5.41, 5.74) is 1.61. The third kappa shape index (κ3) is 5.34. The largest absolute Gasteiger partial charge is 0.444 e. The van der Waals surface area contributed by atoms with Crippen LogP contribution in [0.5, 0.6) is 0 Å². The van der Waals surface area contributed by atoms with Gasteiger partial charge in [0.05, 0.1) is 0 Å². The summed E-state index contributed by atoms with van der Waals surface area (Å²) in [4.78, 5) is 16.3. The Morgan fingerprint density at radius 1 is 1.48 bits per heavy atom. The van der Waals surface area contributed by atoms with E-state index in [0.717, 1.165) is 30.8 Å². The molecule has 5 nitrogen and oxygen atoms in total. The Morgan fingerprint density at radius 3 is 2.86 bits per heavy atom. The molecule has 1 fully saturated rings. The van der Waals surface area contributed by atoms with Crippen molar-refractivity contribution in [2.75, 3.05) is 18.4 Å². The van der Waals surface area contributed by atoms with E-state index in [4.69, 9.17) is 4.74 Å². The molecule has 0 spiro atoms. The van der Waals surface area contributed by atoms with Crippen LogP contribution in [0.15, 0.2) is 12.1 Å². The Balaban J connectivity index is 2.02. The third-order valence-electron chi connectivity index (χ3n) is 3.31. The summed E-state index contributed by atoms with van der Waals surface area (Å²) in [6.07, 6.45) is 1.66. The van der Waals surface area contributed by atoms with Gasteiger partial charge in [0.15, 0.2) is 0 Å². The van der Waals surface area contributed by atoms with Crippen molar-refractivity contribution < 1.29 is 9.53 Å². The zero-order chi connectivity index (χ0) is 15.5. The highest BCUT2D eigenvalue weighted by Gasteiger charge is 2.18. The predicted molar refractivity (Wildman–Crippen MR) is 83.5 cm³/mol. The van der Waals surface area contributed by atoms with Crippen LogP contribution in [0.1, 0.15) is 38.4 Å². The molecule has 116 valence electrons. The van der Waals surface area contributed by atoms with Gasteiger partial charge in [-0.25, -0.2) is 9.78 Å². The Morgan fingerprint density at radius 2 is 2.24 bits per heavy atom. The van der Waals surface area contributed by atoms with Crippen molar-refractivity contribution in [3.05, 3.63) is 23.4 Å². The number of aromatic nitrogens is 1. The monoisotopic (exact) mass is 291 g/mol. The minimum Gasteiger partial charge on any atom is -0.444 e. The van der Waals surface area contributed by atoms with Gasteiger partial charge in [0, 0.05) is 5.69 Å². The fraction of sp³-hybridized carbons (Fsp3) is 0.625. The summed E-state index contributed by atoms with van der Waals surface area (Å²) in [5.74, 6) is 1.19. The van der Waals surface area contributed by atoms with Crippen LogP contribution in [0.2, 0.25) is 0 Å². The second kappa shape index (κ2) is 6.43. The number of rotatable bonds is 3. The van der Waals surface area contributed by atoms with Gasteiger partial charge in [0.25, 0.3) is 0 Å². The van der Waals surface area contributed by atoms with Crippen LogP contribution >= 0.6 is 0 Å². The number of hydrogen-bond acceptors (Lipinski definition) is 4. The zero-order valence-corrected chi connectivity index (χ0v) is 13.3. The summed E-state index contributed by atoms with van der Waals surface area (Å²) < 4.78 is 5.25. The number of pyridine rings is 1. The summed E-state index contributed by atoms with van der Waals surface area (Å²) in [5, 5.41) is 6.08. The maximum Gasteiger partial charge on any atom is 0.413 e. The molecule has 1 amide bonds. The van der Waals surface area contributed by atoms with E-state index in [2.05, 4.69) is 21.7 Å². The Labute approximate surface area is 126 Å². The van der Waals surface area contributed by atoms with Gasteiger partial charge < -0.3 is 10.1 Å². The van der Waals surface area contributed by atoms with E-state index in [9.17, 15) is 4.79 Å². The van der Waals surface area contributed by atoms with Gasteiger partial charge in [-0.2, -0.15) is 0 Å². The highest BCUT2D eigenvalue weighted by molar-refractivity contribution is 5.83. The summed E-state index contributed by atoms with van der Waals surface area (Å²) in [6.45, 7) is 9.67. The molecule has 1 aliphatic heterocycles. The van der Waals surface area contributed by atoms with E-state index in [-0.39, 0.29) is 0 Å². The first-order valence-electron chi connectivity index (χ1n) is 7.50. The van der Waals surface area contributed by atoms with Gasteiger partial charge in [-0.1, -0.05) is 0 Å². The van der Waals surface area contributed by atoms with E-state index < -0.39 is 11.7 Å². The molecule has 1 aromatic rings. The number of amides is 1. The quantitative estimate of drug-likeness (QED) is 0.899. The van der Waals surface area contributed by atoms with Gasteiger partial charge in [-0.3, -0.25) is 5.32 Å². The molecule has 0 bridgehead atoms. The Kier molecular flexibility index (Phi) is 4.83. The van der Waals surface area contributed by atoms with Crippen molar-refractivity contribution in [3.63, 3.8) is 0 Å². The Bertz CT molecular complexity index is 503. The van der Waals surface area contributed by atoms with E-state index in [1.807, 2.05) is 33.8 Å². The van der Waals surface area contributed by atoms with Gasteiger partial charge in [0.2, 0.25) is 0 Å². The number of hydrogen-bond donors (Lipinski definition) is 2. The molecule has 1 unspecified atom stereocenters. The van der Waals surface area contributed by atoms with E-state index in [1.54, 1.807) is 0 Å². The van der Waals surface area contributed by atoms with Crippen LogP contribution in [-0.4, -0.2) is 29.8 Å². The average molecular weight is 291 g/mol. The second-order valence-corrected chi connectivity index (χ2v) is 6.71. The van der Waals surface area contributed by atoms with Crippen molar-refractivity contribution in [2.24, 2.45) is 5.92 Å². The Hall–Kier alpha value is -1.62. The van der Waals surface area contributed by atoms with Crippen LogP contribution in [0.4, 0.5) is 10.6 Å². The van der Waals surface area contributed by atoms with Crippen LogP contribution in [0.3, 0.4) is 0 Å². The lowest BCUT2D eigenvalue weighted by molar-refractivity contribution is 0.0635. The maximum absolute atomic E-state index is 11.8. The van der Waals surface area contributed by atoms with E-state index >= 15 is 0 Å². The number of aryl methyl sites for hydroxylation is 1. The molecule has 2 rings (SSSR count). The summed E-state index contributed by atoms with van der Waals surface area (Å²) in [7, 11) is 0. The fourth-order valence-corrected chi connectivity index (χ4v) is 2.50. The molecule has 2 N–H and O–H groups in total. The molecule has 21 heavy (non-hydrogen) atoms. The van der Waals surface area contributed by atoms with Crippen molar-refractivity contribution in [2.45, 2.75) is 46.1 Å². The van der Waals surface area contributed by atoms with Crippen molar-refractivity contribution in [1.82, 2.24) is 10.3 Å². The molecule has 0 aromatic carbocycles. The molecular weight excluding hydrogens is 266 g/mol. The van der Waals surface area contributed by atoms with Gasteiger partial charge in [-0.15, -0.1) is 0 Å². The van der Waals surface area contributed by atoms with Crippen LogP contribution < -0.4 is 10.6 Å². The lowest BCUT2D eigenvalue weighted by atomic mass is 10.0. The molecule has 0 radical (unpaired) electrons. The van der Waals surface area contributed by atoms with Crippen LogP contribution in [0.25, 0.3) is 0 Å². The first kappa shape index (κ1) is 15.8. The first-order valence-corrected chi connectivity index (χ1v) is 7.50. The zero-order valence-electron chi connectivity index (χ0n) is 13.3. The third-order valence-corrected chi connectivity index (χ3v) is 3.31. The van der Waals surface area contributed by atoms with Crippen molar-refractivity contribution in [1.29, 1.82) is 0 Å². The minimum atomic E-state index is -0.508. The molecule has 0 saturated carbocycles. The molecule has 1 aromatic heterocycles. The molecular formula is C16H25N3O2. The predicted octanol–water partition coefficient (Wildman–Crippen LogP) is 2.89. The van der Waals surface area contributed by atoms with Gasteiger partial charge in [-0.05, 0) is 77.2 Å². The highest BCUT2D eigenvalue weighted by Crippen LogP contribution is 2.18. The number of anilines is 1. The van der Waals surface area contributed by atoms with E-state index in [1.165, 1.54) is 6.42 Å². The molecule has 5 heteroatoms. The van der Waals surface area contributed by atoms with Crippen molar-refractivity contribution in [3.8, 4) is 0 Å². The fourth-order valence-electron chi connectivity index (χ4n) is 2.50. The summed E-state index contributed by atoms with van der Waals surface area (Å²) in [6, 6.07) is 3.94. The molecule has 1 saturated heterocycles. The lowest BCUT2D eigenvalue weighted by Crippen LogP contribution is -2.27. The number of carbonyl (C=O) groups is 1. The van der Waals surface area contributed by atoms with E-state index in [0.29, 0.717) is 11.7 Å². The van der Waals surface area contributed by atoms with Crippen LogP contribution in [0, 0.1) is 12.8 Å². The van der Waals surface area contributed by atoms with Gasteiger partial charge in [0.1, 0.15) is 11.4 Å². The molecule has 2 heterocycles. The van der Waals surface area contributed by atoms with Gasteiger partial charge >= 0.3 is 6.09 Å². The number of ether oxygens (including phenoxy) is 1. The van der Waals surface area contributed by atoms with Crippen molar-refractivity contribution >= 4 is 11.9 Å². The molecule has 1 atom stereocenters. The number of nitrogens with one attached hydrogen (secondary N) is 2. The normalized spacial score (nSPS) is 18.6. The minimum absolute atomic E-state index is 0.464. The van der Waals surface area contributed by atoms with Crippen LogP contribution in [-0.2, 0) is 11.2 Å². The smallest absolute Gasteiger partial charge is 0.413 e. The standard InChI is InChI=1S/C16H25N3O2/c1-11-7-13(9-12-5-6-17-10-12)18-14(8-11)19-15(20)21-16(2,3)4/h7-8,12,17H,5-6,9-10H2,1-4H3,(H,18,19,20). The molecule has 1 aliphatic rings. The highest BCUT2D eigenvalue weighted by atomic mass is 16.6. The summed E-state index contributed by atoms with van der Waals surface area (Å²) >= 11 is 0. The second-order valence-electron chi connectivity index (χ2n) is 6.71. The number of nitrogens with zero attached hydrogens (tertiary/aromatic N) is 1. The average Bonchev–Trinajstić information content (AvgIpc) is 2.77. The molecule has 0 aliphatic carbocycles. The topological polar surface area (TPSA) is 63.2 Å².